The van der Waals surface area contributed by atoms with Gasteiger partial charge in [-0.05, 0) is 24.1 Å². The Bertz CT molecular complexity index is 594. The van der Waals surface area contributed by atoms with Crippen LogP contribution in [0.5, 0.6) is 0 Å². The maximum atomic E-state index is 11.2. The molecule has 20 heavy (non-hydrogen) atoms. The third-order valence-corrected chi connectivity index (χ3v) is 2.97. The summed E-state index contributed by atoms with van der Waals surface area (Å²) in [6.45, 7) is 2.47. The highest BCUT2D eigenvalue weighted by Crippen LogP contribution is 2.29. The molecule has 0 bridgehead atoms. The first-order valence-electron chi connectivity index (χ1n) is 6.46. The van der Waals surface area contributed by atoms with Crippen molar-refractivity contribution in [3.8, 4) is 0 Å². The fourth-order valence-corrected chi connectivity index (χ4v) is 2.05. The second-order valence-electron chi connectivity index (χ2n) is 4.48. The first-order valence-corrected chi connectivity index (χ1v) is 6.46. The van der Waals surface area contributed by atoms with Crippen molar-refractivity contribution in [2.75, 3.05) is 5.32 Å². The monoisotopic (exact) mass is 275 g/mol. The predicted molar refractivity (Wildman–Crippen MR) is 75.4 cm³/mol. The molecule has 7 nitrogen and oxygen atoms in total. The van der Waals surface area contributed by atoms with Crippen LogP contribution in [0.1, 0.15) is 24.6 Å². The van der Waals surface area contributed by atoms with Crippen LogP contribution < -0.4 is 5.32 Å². The van der Waals surface area contributed by atoms with Crippen molar-refractivity contribution in [2.24, 2.45) is 7.05 Å². The summed E-state index contributed by atoms with van der Waals surface area (Å²) in [6, 6.07) is 3.73. The van der Waals surface area contributed by atoms with Crippen molar-refractivity contribution < 1.29 is 4.92 Å². The fourth-order valence-electron chi connectivity index (χ4n) is 2.05. The van der Waals surface area contributed by atoms with E-state index in [9.17, 15) is 10.1 Å². The highest BCUT2D eigenvalue weighted by Gasteiger charge is 2.25. The van der Waals surface area contributed by atoms with E-state index in [2.05, 4.69) is 15.4 Å². The number of pyridine rings is 1. The molecule has 1 N–H and O–H groups in total. The van der Waals surface area contributed by atoms with E-state index in [0.29, 0.717) is 24.5 Å². The zero-order chi connectivity index (χ0) is 14.5. The van der Waals surface area contributed by atoms with E-state index < -0.39 is 0 Å². The summed E-state index contributed by atoms with van der Waals surface area (Å²) in [5.74, 6) is 0.440. The minimum Gasteiger partial charge on any atom is -0.360 e. The lowest BCUT2D eigenvalue weighted by Crippen LogP contribution is -2.06. The molecule has 7 heteroatoms. The van der Waals surface area contributed by atoms with Crippen molar-refractivity contribution in [3.05, 3.63) is 45.9 Å². The van der Waals surface area contributed by atoms with E-state index in [4.69, 9.17) is 0 Å². The lowest BCUT2D eigenvalue weighted by atomic mass is 10.2. The van der Waals surface area contributed by atoms with Crippen LogP contribution in [-0.4, -0.2) is 19.7 Å². The predicted octanol–water partition coefficient (Wildman–Crippen LogP) is 2.29. The van der Waals surface area contributed by atoms with Crippen LogP contribution in [0.3, 0.4) is 0 Å². The topological polar surface area (TPSA) is 85.9 Å². The van der Waals surface area contributed by atoms with Crippen molar-refractivity contribution in [2.45, 2.75) is 26.3 Å². The number of anilines is 1. The Morgan fingerprint density at radius 3 is 2.70 bits per heavy atom. The van der Waals surface area contributed by atoms with Gasteiger partial charge in [-0.15, -0.1) is 0 Å². The quantitative estimate of drug-likeness (QED) is 0.645. The van der Waals surface area contributed by atoms with Crippen LogP contribution in [0.25, 0.3) is 0 Å². The maximum Gasteiger partial charge on any atom is 0.334 e. The summed E-state index contributed by atoms with van der Waals surface area (Å²) >= 11 is 0. The third kappa shape index (κ3) is 2.93. The first kappa shape index (κ1) is 14.0. The van der Waals surface area contributed by atoms with Gasteiger partial charge in [0.05, 0.1) is 4.92 Å². The number of nitrogens with zero attached hydrogens (tertiary/aromatic N) is 4. The van der Waals surface area contributed by atoms with Crippen molar-refractivity contribution in [1.29, 1.82) is 0 Å². The lowest BCUT2D eigenvalue weighted by Gasteiger charge is -2.05. The molecule has 0 spiro atoms. The SMILES string of the molecule is CCCc1nn(C)c(NCc2ccncc2)c1[N+](=O)[O-]. The number of hydrogen-bond donors (Lipinski definition) is 1. The number of nitrogens with one attached hydrogen (secondary N) is 1. The van der Waals surface area contributed by atoms with Gasteiger partial charge in [-0.25, -0.2) is 4.68 Å². The Hall–Kier alpha value is -2.44. The van der Waals surface area contributed by atoms with E-state index in [1.165, 1.54) is 4.68 Å². The Balaban J connectivity index is 2.24. The van der Waals surface area contributed by atoms with Crippen LogP contribution in [0.4, 0.5) is 11.5 Å². The Kier molecular flexibility index (Phi) is 4.29. The average molecular weight is 275 g/mol. The lowest BCUT2D eigenvalue weighted by molar-refractivity contribution is -0.384. The summed E-state index contributed by atoms with van der Waals surface area (Å²) in [5, 5.41) is 18.6. The van der Waals surface area contributed by atoms with Crippen molar-refractivity contribution >= 4 is 11.5 Å². The number of hydrogen-bond acceptors (Lipinski definition) is 5. The van der Waals surface area contributed by atoms with Gasteiger partial charge in [-0.3, -0.25) is 15.1 Å². The maximum absolute atomic E-state index is 11.2. The van der Waals surface area contributed by atoms with Gasteiger partial charge in [0.15, 0.2) is 0 Å². The van der Waals surface area contributed by atoms with Gasteiger partial charge < -0.3 is 5.32 Å². The van der Waals surface area contributed by atoms with Gasteiger partial charge >= 0.3 is 5.69 Å². The Morgan fingerprint density at radius 2 is 2.10 bits per heavy atom. The molecular formula is C13H17N5O2. The van der Waals surface area contributed by atoms with E-state index in [1.54, 1.807) is 19.4 Å². The zero-order valence-corrected chi connectivity index (χ0v) is 11.5. The smallest absolute Gasteiger partial charge is 0.334 e. The van der Waals surface area contributed by atoms with Crippen LogP contribution >= 0.6 is 0 Å². The van der Waals surface area contributed by atoms with E-state index in [-0.39, 0.29) is 10.6 Å². The molecule has 2 rings (SSSR count). The molecule has 106 valence electrons. The molecule has 0 aliphatic rings. The third-order valence-electron chi connectivity index (χ3n) is 2.97. The summed E-state index contributed by atoms with van der Waals surface area (Å²) in [5.41, 5.74) is 1.60. The van der Waals surface area contributed by atoms with Crippen LogP contribution in [0, 0.1) is 10.1 Å². The zero-order valence-electron chi connectivity index (χ0n) is 11.5. The minimum atomic E-state index is -0.368. The van der Waals surface area contributed by atoms with Gasteiger partial charge in [0.25, 0.3) is 0 Å². The standard InChI is InChI=1S/C13H17N5O2/c1-3-4-11-12(18(19)20)13(17(2)16-11)15-9-10-5-7-14-8-6-10/h5-8,15H,3-4,9H2,1-2H3. The second kappa shape index (κ2) is 6.14. The fraction of sp³-hybridized carbons (Fsp3) is 0.385. The van der Waals surface area contributed by atoms with Gasteiger partial charge in [-0.2, -0.15) is 5.10 Å². The molecule has 2 heterocycles. The number of rotatable bonds is 6. The van der Waals surface area contributed by atoms with Crippen LogP contribution in [0.15, 0.2) is 24.5 Å². The molecule has 0 fully saturated rings. The van der Waals surface area contributed by atoms with Gasteiger partial charge in [-0.1, -0.05) is 13.3 Å². The molecule has 0 unspecified atom stereocenters. The molecule has 0 saturated heterocycles. The molecule has 2 aromatic heterocycles. The molecule has 0 radical (unpaired) electrons. The molecule has 0 aliphatic carbocycles. The van der Waals surface area contributed by atoms with Crippen molar-refractivity contribution in [3.63, 3.8) is 0 Å². The Morgan fingerprint density at radius 1 is 1.40 bits per heavy atom. The molecule has 0 aliphatic heterocycles. The number of aryl methyl sites for hydroxylation is 2. The first-order chi connectivity index (χ1) is 9.63. The van der Waals surface area contributed by atoms with E-state index >= 15 is 0 Å². The molecule has 0 saturated carbocycles. The minimum absolute atomic E-state index is 0.0726. The van der Waals surface area contributed by atoms with E-state index in [1.807, 2.05) is 19.1 Å². The molecule has 0 atom stereocenters. The van der Waals surface area contributed by atoms with Crippen LogP contribution in [-0.2, 0) is 20.0 Å². The molecule has 0 aromatic carbocycles. The average Bonchev–Trinajstić information content (AvgIpc) is 2.74. The summed E-state index contributed by atoms with van der Waals surface area (Å²) in [7, 11) is 1.71. The largest absolute Gasteiger partial charge is 0.360 e. The van der Waals surface area contributed by atoms with Crippen LogP contribution in [0.2, 0.25) is 0 Å². The molecular weight excluding hydrogens is 258 g/mol. The summed E-state index contributed by atoms with van der Waals surface area (Å²) < 4.78 is 1.53. The second-order valence-corrected chi connectivity index (χ2v) is 4.48. The number of nitro groups is 1. The Labute approximate surface area is 116 Å². The molecule has 2 aromatic rings. The van der Waals surface area contributed by atoms with E-state index in [0.717, 1.165) is 12.0 Å². The summed E-state index contributed by atoms with van der Waals surface area (Å²) in [6.07, 6.45) is 4.80. The highest BCUT2D eigenvalue weighted by molar-refractivity contribution is 5.60. The van der Waals surface area contributed by atoms with Gasteiger partial charge in [0.1, 0.15) is 5.69 Å². The molecule has 0 amide bonds. The number of aromatic nitrogens is 3. The summed E-state index contributed by atoms with van der Waals surface area (Å²) in [4.78, 5) is 14.8. The van der Waals surface area contributed by atoms with Gasteiger partial charge in [0.2, 0.25) is 5.82 Å². The van der Waals surface area contributed by atoms with Crippen molar-refractivity contribution in [1.82, 2.24) is 14.8 Å². The van der Waals surface area contributed by atoms with Gasteiger partial charge in [0, 0.05) is 26.0 Å². The highest BCUT2D eigenvalue weighted by atomic mass is 16.6. The normalized spacial score (nSPS) is 10.5.